The maximum atomic E-state index is 10.2. The van der Waals surface area contributed by atoms with Crippen LogP contribution in [0.2, 0.25) is 0 Å². The molecule has 1 aromatic heterocycles. The summed E-state index contributed by atoms with van der Waals surface area (Å²) in [6, 6.07) is 2.89. The summed E-state index contributed by atoms with van der Waals surface area (Å²) < 4.78 is 0. The first-order chi connectivity index (χ1) is 4.30. The van der Waals surface area contributed by atoms with Gasteiger partial charge >= 0.3 is 5.97 Å². The minimum atomic E-state index is -0.919. The van der Waals surface area contributed by atoms with E-state index in [0.29, 0.717) is 0 Å². The van der Waals surface area contributed by atoms with Crippen LogP contribution in [-0.2, 0) is 17.1 Å². The molecule has 3 nitrogen and oxygen atoms in total. The molecule has 1 radical (unpaired) electrons. The van der Waals surface area contributed by atoms with E-state index in [1.807, 2.05) is 0 Å². The van der Waals surface area contributed by atoms with E-state index in [1.54, 1.807) is 0 Å². The zero-order chi connectivity index (χ0) is 6.69. The number of carbonyl (C=O) groups is 1. The van der Waals surface area contributed by atoms with E-state index in [1.165, 1.54) is 24.5 Å². The maximum absolute atomic E-state index is 10.2. The molecule has 0 spiro atoms. The van der Waals surface area contributed by atoms with E-state index >= 15 is 0 Å². The molecular weight excluding hydrogens is 173 g/mol. The quantitative estimate of drug-likeness (QED) is 0.646. The molecule has 0 atom stereocenters. The third-order valence-electron chi connectivity index (χ3n) is 0.927. The van der Waals surface area contributed by atoms with Crippen molar-refractivity contribution < 1.29 is 27.0 Å². The summed E-state index contributed by atoms with van der Waals surface area (Å²) in [6.07, 6.45) is 2.90. The Labute approximate surface area is 68.6 Å². The monoisotopic (exact) mass is 178 g/mol. The van der Waals surface area contributed by atoms with Gasteiger partial charge in [-0.25, -0.2) is 4.79 Å². The molecule has 1 N–H and O–H groups in total. The van der Waals surface area contributed by atoms with Crippen LogP contribution in [0.15, 0.2) is 24.5 Å². The van der Waals surface area contributed by atoms with Crippen molar-refractivity contribution in [3.63, 3.8) is 0 Å². The molecular formula is C6H5MnNO2. The number of nitrogens with zero attached hydrogens (tertiary/aromatic N) is 1. The SMILES string of the molecule is O=C(O)c1ccncc1.[Mn]. The normalized spacial score (nSPS) is 8.00. The van der Waals surface area contributed by atoms with Crippen molar-refractivity contribution in [3.05, 3.63) is 30.1 Å². The number of aromatic nitrogens is 1. The molecule has 0 unspecified atom stereocenters. The van der Waals surface area contributed by atoms with Gasteiger partial charge in [-0.2, -0.15) is 0 Å². The Morgan fingerprint density at radius 3 is 2.20 bits per heavy atom. The molecule has 1 heterocycles. The fourth-order valence-corrected chi connectivity index (χ4v) is 0.494. The van der Waals surface area contributed by atoms with Gasteiger partial charge in [0, 0.05) is 29.5 Å². The molecule has 0 aromatic carbocycles. The molecule has 0 aliphatic rings. The number of carboxylic acids is 1. The van der Waals surface area contributed by atoms with E-state index in [2.05, 4.69) is 4.98 Å². The Morgan fingerprint density at radius 1 is 1.40 bits per heavy atom. The Hall–Kier alpha value is -0.861. The van der Waals surface area contributed by atoms with Gasteiger partial charge in [-0.3, -0.25) is 4.98 Å². The standard InChI is InChI=1S/C6H5NO2.Mn/c8-6(9)5-1-3-7-4-2-5;/h1-4H,(H,8,9);. The summed E-state index contributed by atoms with van der Waals surface area (Å²) in [6.45, 7) is 0. The van der Waals surface area contributed by atoms with E-state index < -0.39 is 5.97 Å². The predicted octanol–water partition coefficient (Wildman–Crippen LogP) is 0.777. The van der Waals surface area contributed by atoms with E-state index in [-0.39, 0.29) is 22.6 Å². The first kappa shape index (κ1) is 9.14. The molecule has 1 aromatic rings. The minimum Gasteiger partial charge on any atom is -0.478 e. The second kappa shape index (κ2) is 4.04. The van der Waals surface area contributed by atoms with Crippen molar-refractivity contribution in [1.29, 1.82) is 0 Å². The van der Waals surface area contributed by atoms with Crippen molar-refractivity contribution in [2.75, 3.05) is 0 Å². The first-order valence-corrected chi connectivity index (χ1v) is 2.44. The van der Waals surface area contributed by atoms with Gasteiger partial charge in [0.2, 0.25) is 0 Å². The Kier molecular flexibility index (Phi) is 3.69. The molecule has 0 saturated heterocycles. The number of carboxylic acid groups (broad SMARTS) is 1. The Morgan fingerprint density at radius 2 is 1.90 bits per heavy atom. The summed E-state index contributed by atoms with van der Waals surface area (Å²) in [5, 5.41) is 8.36. The van der Waals surface area contributed by atoms with Gasteiger partial charge in [0.1, 0.15) is 0 Å². The molecule has 0 aliphatic heterocycles. The van der Waals surface area contributed by atoms with Crippen molar-refractivity contribution in [2.24, 2.45) is 0 Å². The maximum Gasteiger partial charge on any atom is 0.335 e. The van der Waals surface area contributed by atoms with E-state index in [9.17, 15) is 4.79 Å². The van der Waals surface area contributed by atoms with Crippen LogP contribution >= 0.6 is 0 Å². The molecule has 1 rings (SSSR count). The summed E-state index contributed by atoms with van der Waals surface area (Å²) in [7, 11) is 0. The Bertz CT molecular complexity index is 212. The van der Waals surface area contributed by atoms with Crippen molar-refractivity contribution in [3.8, 4) is 0 Å². The number of hydrogen-bond donors (Lipinski definition) is 1. The van der Waals surface area contributed by atoms with Gasteiger partial charge < -0.3 is 5.11 Å². The van der Waals surface area contributed by atoms with Gasteiger partial charge in [-0.05, 0) is 12.1 Å². The summed E-state index contributed by atoms with van der Waals surface area (Å²) in [5.41, 5.74) is 0.269. The molecule has 0 fully saturated rings. The fraction of sp³-hybridized carbons (Fsp3) is 0. The van der Waals surface area contributed by atoms with Gasteiger partial charge in [0.15, 0.2) is 0 Å². The van der Waals surface area contributed by atoms with Crippen LogP contribution in [0.1, 0.15) is 10.4 Å². The third kappa shape index (κ3) is 2.17. The zero-order valence-electron chi connectivity index (χ0n) is 4.99. The van der Waals surface area contributed by atoms with Crippen LogP contribution in [0.4, 0.5) is 0 Å². The first-order valence-electron chi connectivity index (χ1n) is 2.44. The van der Waals surface area contributed by atoms with E-state index in [4.69, 9.17) is 5.11 Å². The van der Waals surface area contributed by atoms with Gasteiger partial charge in [-0.15, -0.1) is 0 Å². The summed E-state index contributed by atoms with van der Waals surface area (Å²) in [4.78, 5) is 13.8. The van der Waals surface area contributed by atoms with Gasteiger partial charge in [0.05, 0.1) is 5.56 Å². The van der Waals surface area contributed by atoms with Gasteiger partial charge in [0.25, 0.3) is 0 Å². The van der Waals surface area contributed by atoms with Crippen molar-refractivity contribution in [2.45, 2.75) is 0 Å². The van der Waals surface area contributed by atoms with Crippen LogP contribution in [0, 0.1) is 0 Å². The molecule has 0 saturated carbocycles. The second-order valence-electron chi connectivity index (χ2n) is 1.54. The van der Waals surface area contributed by atoms with Crippen molar-refractivity contribution >= 4 is 5.97 Å². The van der Waals surface area contributed by atoms with Crippen LogP contribution in [0.3, 0.4) is 0 Å². The second-order valence-corrected chi connectivity index (χ2v) is 1.54. The minimum absolute atomic E-state index is 0. The molecule has 0 amide bonds. The predicted molar refractivity (Wildman–Crippen MR) is 31.2 cm³/mol. The third-order valence-corrected chi connectivity index (χ3v) is 0.927. The van der Waals surface area contributed by atoms with Crippen LogP contribution < -0.4 is 0 Å². The smallest absolute Gasteiger partial charge is 0.335 e. The number of rotatable bonds is 1. The molecule has 53 valence electrons. The summed E-state index contributed by atoms with van der Waals surface area (Å²) in [5.74, 6) is -0.919. The molecule has 10 heavy (non-hydrogen) atoms. The number of pyridine rings is 1. The molecule has 0 aliphatic carbocycles. The Balaban J connectivity index is 0.000000810. The average Bonchev–Trinajstić information content (AvgIpc) is 1.90. The largest absolute Gasteiger partial charge is 0.478 e. The fourth-order valence-electron chi connectivity index (χ4n) is 0.494. The zero-order valence-corrected chi connectivity index (χ0v) is 6.17. The molecule has 0 bridgehead atoms. The van der Waals surface area contributed by atoms with Crippen LogP contribution in [0.25, 0.3) is 0 Å². The average molecular weight is 178 g/mol. The number of aromatic carboxylic acids is 1. The van der Waals surface area contributed by atoms with Gasteiger partial charge in [-0.1, -0.05) is 0 Å². The van der Waals surface area contributed by atoms with Crippen molar-refractivity contribution in [1.82, 2.24) is 4.98 Å². The topological polar surface area (TPSA) is 50.2 Å². The van der Waals surface area contributed by atoms with Crippen LogP contribution in [-0.4, -0.2) is 16.1 Å². The van der Waals surface area contributed by atoms with Crippen LogP contribution in [0.5, 0.6) is 0 Å². The molecule has 4 heteroatoms. The van der Waals surface area contributed by atoms with E-state index in [0.717, 1.165) is 0 Å². The number of hydrogen-bond acceptors (Lipinski definition) is 2. The summed E-state index contributed by atoms with van der Waals surface area (Å²) >= 11 is 0.